The number of rotatable bonds is 4. The summed E-state index contributed by atoms with van der Waals surface area (Å²) in [6.45, 7) is 0.329. The molecule has 4 N–H and O–H groups in total. The fraction of sp³-hybridized carbons (Fsp3) is 0.308. The molecule has 0 radical (unpaired) electrons. The Hall–Kier alpha value is -2.21. The number of hydrogen-bond donors (Lipinski definition) is 3. The molecule has 0 saturated heterocycles. The van der Waals surface area contributed by atoms with Crippen molar-refractivity contribution in [3.63, 3.8) is 0 Å². The minimum absolute atomic E-state index is 0.169. The molecule has 1 aliphatic rings. The van der Waals surface area contributed by atoms with Crippen LogP contribution < -0.4 is 16.5 Å². The van der Waals surface area contributed by atoms with Crippen LogP contribution >= 0.6 is 0 Å². The molecule has 2 amide bonds. The summed E-state index contributed by atoms with van der Waals surface area (Å²) in [4.78, 5) is 22.7. The van der Waals surface area contributed by atoms with Gasteiger partial charge in [0.25, 0.3) is 5.91 Å². The molecular formula is C13H16N4O2. The number of nitrogens with two attached hydrogens (primary N) is 1. The van der Waals surface area contributed by atoms with Crippen molar-refractivity contribution >= 4 is 17.5 Å². The van der Waals surface area contributed by atoms with Crippen molar-refractivity contribution in [1.29, 1.82) is 0 Å². The molecule has 0 aromatic heterocycles. The van der Waals surface area contributed by atoms with E-state index in [9.17, 15) is 9.59 Å². The first-order valence-electron chi connectivity index (χ1n) is 6.11. The van der Waals surface area contributed by atoms with Crippen molar-refractivity contribution in [3.8, 4) is 0 Å². The van der Waals surface area contributed by atoms with E-state index in [1.165, 1.54) is 0 Å². The van der Waals surface area contributed by atoms with Crippen LogP contribution in [0.15, 0.2) is 35.4 Å². The van der Waals surface area contributed by atoms with E-state index in [4.69, 9.17) is 5.73 Å². The van der Waals surface area contributed by atoms with Gasteiger partial charge in [0.05, 0.1) is 0 Å². The normalized spacial score (nSPS) is 16.3. The van der Waals surface area contributed by atoms with Crippen LogP contribution in [0.25, 0.3) is 0 Å². The molecule has 1 unspecified atom stereocenters. The molecule has 0 aliphatic carbocycles. The standard InChI is InChI=1S/C13H16N4O2/c14-10(9-4-2-1-3-5-9)8-15-13(19)11-6-7-12(18)17-16-11/h1-5,10H,6-8,14H2,(H,15,19)(H,17,18). The quantitative estimate of drug-likeness (QED) is 0.714. The lowest BCUT2D eigenvalue weighted by molar-refractivity contribution is -0.121. The third-order valence-corrected chi connectivity index (χ3v) is 2.88. The fourth-order valence-corrected chi connectivity index (χ4v) is 1.76. The zero-order valence-electron chi connectivity index (χ0n) is 10.4. The third kappa shape index (κ3) is 3.62. The molecule has 100 valence electrons. The highest BCUT2D eigenvalue weighted by molar-refractivity contribution is 6.39. The summed E-state index contributed by atoms with van der Waals surface area (Å²) in [7, 11) is 0. The minimum Gasteiger partial charge on any atom is -0.349 e. The van der Waals surface area contributed by atoms with E-state index in [2.05, 4.69) is 15.8 Å². The highest BCUT2D eigenvalue weighted by Crippen LogP contribution is 2.08. The Balaban J connectivity index is 1.85. The molecule has 1 atom stereocenters. The number of benzene rings is 1. The van der Waals surface area contributed by atoms with Crippen molar-refractivity contribution in [1.82, 2.24) is 10.7 Å². The minimum atomic E-state index is -0.286. The average molecular weight is 260 g/mol. The Morgan fingerprint density at radius 3 is 2.74 bits per heavy atom. The van der Waals surface area contributed by atoms with E-state index in [1.54, 1.807) is 0 Å². The van der Waals surface area contributed by atoms with Crippen LogP contribution in [0.1, 0.15) is 24.4 Å². The summed E-state index contributed by atoms with van der Waals surface area (Å²) in [5.74, 6) is -0.455. The fourth-order valence-electron chi connectivity index (χ4n) is 1.76. The van der Waals surface area contributed by atoms with Crippen molar-refractivity contribution in [2.45, 2.75) is 18.9 Å². The number of nitrogens with zero attached hydrogens (tertiary/aromatic N) is 1. The monoisotopic (exact) mass is 260 g/mol. The Bertz CT molecular complexity index is 499. The van der Waals surface area contributed by atoms with Crippen LogP contribution in [0, 0.1) is 0 Å². The summed E-state index contributed by atoms with van der Waals surface area (Å²) in [5, 5.41) is 6.44. The summed E-state index contributed by atoms with van der Waals surface area (Å²) in [5.41, 5.74) is 9.55. The Morgan fingerprint density at radius 1 is 1.37 bits per heavy atom. The first kappa shape index (κ1) is 13.2. The molecule has 1 aromatic rings. The van der Waals surface area contributed by atoms with E-state index in [0.717, 1.165) is 5.56 Å². The van der Waals surface area contributed by atoms with Gasteiger partial charge in [-0.25, -0.2) is 5.43 Å². The number of amides is 2. The third-order valence-electron chi connectivity index (χ3n) is 2.88. The first-order valence-corrected chi connectivity index (χ1v) is 6.11. The van der Waals surface area contributed by atoms with Gasteiger partial charge in [0.1, 0.15) is 5.71 Å². The van der Waals surface area contributed by atoms with Crippen LogP contribution in [-0.4, -0.2) is 24.1 Å². The topological polar surface area (TPSA) is 96.6 Å². The predicted molar refractivity (Wildman–Crippen MR) is 71.2 cm³/mol. The summed E-state index contributed by atoms with van der Waals surface area (Å²) in [6, 6.07) is 9.28. The number of hydrogen-bond acceptors (Lipinski definition) is 4. The number of nitrogens with one attached hydrogen (secondary N) is 2. The Morgan fingerprint density at radius 2 is 2.11 bits per heavy atom. The van der Waals surface area contributed by atoms with Gasteiger partial charge in [-0.15, -0.1) is 0 Å². The van der Waals surface area contributed by atoms with Gasteiger partial charge in [0, 0.05) is 25.4 Å². The average Bonchev–Trinajstić information content (AvgIpc) is 2.46. The molecule has 2 rings (SSSR count). The lowest BCUT2D eigenvalue weighted by Crippen LogP contribution is -2.39. The Labute approximate surface area is 111 Å². The molecule has 6 heteroatoms. The van der Waals surface area contributed by atoms with Crippen LogP contribution in [0.3, 0.4) is 0 Å². The second-order valence-corrected chi connectivity index (χ2v) is 4.32. The second kappa shape index (κ2) is 6.10. The molecule has 1 aliphatic heterocycles. The SMILES string of the molecule is NC(CNC(=O)C1=NNC(=O)CC1)c1ccccc1. The highest BCUT2D eigenvalue weighted by Gasteiger charge is 2.18. The smallest absolute Gasteiger partial charge is 0.267 e. The van der Waals surface area contributed by atoms with Crippen LogP contribution in [0.2, 0.25) is 0 Å². The van der Waals surface area contributed by atoms with E-state index in [0.29, 0.717) is 18.7 Å². The van der Waals surface area contributed by atoms with Gasteiger partial charge in [-0.1, -0.05) is 30.3 Å². The molecule has 1 aromatic carbocycles. The predicted octanol–water partition coefficient (Wildman–Crippen LogP) is 0.0686. The van der Waals surface area contributed by atoms with E-state index in [1.807, 2.05) is 30.3 Å². The summed E-state index contributed by atoms with van der Waals surface area (Å²) in [6.07, 6.45) is 0.648. The molecule has 1 heterocycles. The van der Waals surface area contributed by atoms with Gasteiger partial charge in [0.2, 0.25) is 5.91 Å². The lowest BCUT2D eigenvalue weighted by atomic mass is 10.1. The van der Waals surface area contributed by atoms with Gasteiger partial charge in [-0.2, -0.15) is 5.10 Å². The van der Waals surface area contributed by atoms with Crippen molar-refractivity contribution < 1.29 is 9.59 Å². The van der Waals surface area contributed by atoms with Crippen molar-refractivity contribution in [2.24, 2.45) is 10.8 Å². The number of carbonyl (C=O) groups is 2. The van der Waals surface area contributed by atoms with Crippen molar-refractivity contribution in [2.75, 3.05) is 6.54 Å². The zero-order valence-corrected chi connectivity index (χ0v) is 10.4. The zero-order chi connectivity index (χ0) is 13.7. The molecule has 0 saturated carbocycles. The largest absolute Gasteiger partial charge is 0.349 e. The second-order valence-electron chi connectivity index (χ2n) is 4.32. The molecule has 6 nitrogen and oxygen atoms in total. The van der Waals surface area contributed by atoms with E-state index < -0.39 is 0 Å². The van der Waals surface area contributed by atoms with E-state index in [-0.39, 0.29) is 24.3 Å². The molecule has 0 spiro atoms. The van der Waals surface area contributed by atoms with Crippen molar-refractivity contribution in [3.05, 3.63) is 35.9 Å². The maximum absolute atomic E-state index is 11.8. The molecule has 19 heavy (non-hydrogen) atoms. The summed E-state index contributed by atoms with van der Waals surface area (Å²) >= 11 is 0. The van der Waals surface area contributed by atoms with Gasteiger partial charge >= 0.3 is 0 Å². The van der Waals surface area contributed by atoms with E-state index >= 15 is 0 Å². The lowest BCUT2D eigenvalue weighted by Gasteiger charge is -2.15. The summed E-state index contributed by atoms with van der Waals surface area (Å²) < 4.78 is 0. The maximum Gasteiger partial charge on any atom is 0.267 e. The van der Waals surface area contributed by atoms with Gasteiger partial charge in [0.15, 0.2) is 0 Å². The van der Waals surface area contributed by atoms with Gasteiger partial charge in [-0.3, -0.25) is 9.59 Å². The molecular weight excluding hydrogens is 244 g/mol. The number of carbonyl (C=O) groups excluding carboxylic acids is 2. The van der Waals surface area contributed by atoms with Gasteiger partial charge in [-0.05, 0) is 5.56 Å². The molecule has 0 bridgehead atoms. The molecule has 0 fully saturated rings. The van der Waals surface area contributed by atoms with Crippen LogP contribution in [-0.2, 0) is 9.59 Å². The maximum atomic E-state index is 11.8. The Kier molecular flexibility index (Phi) is 4.25. The highest BCUT2D eigenvalue weighted by atomic mass is 16.2. The van der Waals surface area contributed by atoms with Crippen LogP contribution in [0.5, 0.6) is 0 Å². The number of hydrazone groups is 1. The van der Waals surface area contributed by atoms with Gasteiger partial charge < -0.3 is 11.1 Å². The first-order chi connectivity index (χ1) is 9.16. The van der Waals surface area contributed by atoms with Crippen LogP contribution in [0.4, 0.5) is 0 Å².